The molecule has 0 spiro atoms. The molecule has 0 aliphatic rings. The molecule has 3 rings (SSSR count). The second-order valence-electron chi connectivity index (χ2n) is 6.74. The smallest absolute Gasteiger partial charge is 0.255 e. The number of aryl methyl sites for hydroxylation is 1. The number of methoxy groups -OCH3 is 2. The number of anilines is 2. The van der Waals surface area contributed by atoms with Gasteiger partial charge in [-0.05, 0) is 36.8 Å². The summed E-state index contributed by atoms with van der Waals surface area (Å²) in [6.45, 7) is 1.90. The van der Waals surface area contributed by atoms with Gasteiger partial charge in [0.25, 0.3) is 5.91 Å². The molecule has 0 saturated heterocycles. The minimum Gasteiger partial charge on any atom is -0.497 e. The predicted molar refractivity (Wildman–Crippen MR) is 124 cm³/mol. The van der Waals surface area contributed by atoms with Crippen molar-refractivity contribution in [2.45, 2.75) is 11.8 Å². The third kappa shape index (κ3) is 6.26. The summed E-state index contributed by atoms with van der Waals surface area (Å²) in [5.74, 6) is 1.09. The van der Waals surface area contributed by atoms with Gasteiger partial charge < -0.3 is 20.1 Å². The van der Waals surface area contributed by atoms with Crippen molar-refractivity contribution in [1.29, 1.82) is 0 Å². The quantitative estimate of drug-likeness (QED) is 0.486. The molecule has 0 unspecified atom stereocenters. The van der Waals surface area contributed by atoms with Crippen LogP contribution < -0.4 is 20.1 Å². The van der Waals surface area contributed by atoms with Gasteiger partial charge in [0.1, 0.15) is 11.5 Å². The summed E-state index contributed by atoms with van der Waals surface area (Å²) >= 11 is 1.38. The maximum Gasteiger partial charge on any atom is 0.255 e. The van der Waals surface area contributed by atoms with Crippen LogP contribution in [0.15, 0.2) is 71.6 Å². The monoisotopic (exact) mass is 436 g/mol. The Bertz CT molecular complexity index is 1060. The number of hydrogen-bond donors (Lipinski definition) is 2. The van der Waals surface area contributed by atoms with E-state index in [1.54, 1.807) is 38.5 Å². The van der Waals surface area contributed by atoms with E-state index < -0.39 is 0 Å². The number of benzene rings is 3. The molecule has 0 saturated carbocycles. The standard InChI is InChI=1S/C24H24N2O4S/c1-16-7-4-5-10-22(16)24(28)26-17-8-6-9-21(13-17)31-15-23(27)25-18-11-19(29-2)14-20(12-18)30-3/h4-14H,15H2,1-3H3,(H,25,27)(H,26,28). The van der Waals surface area contributed by atoms with Crippen LogP contribution in [0.2, 0.25) is 0 Å². The molecule has 3 aromatic rings. The van der Waals surface area contributed by atoms with Crippen molar-refractivity contribution in [2.75, 3.05) is 30.6 Å². The molecule has 0 atom stereocenters. The zero-order valence-electron chi connectivity index (χ0n) is 17.6. The van der Waals surface area contributed by atoms with E-state index in [2.05, 4.69) is 10.6 Å². The first-order valence-electron chi connectivity index (χ1n) is 9.61. The van der Waals surface area contributed by atoms with Crippen LogP contribution in [0, 0.1) is 6.92 Å². The molecule has 0 aliphatic heterocycles. The highest BCUT2D eigenvalue weighted by atomic mass is 32.2. The van der Waals surface area contributed by atoms with E-state index in [4.69, 9.17) is 9.47 Å². The van der Waals surface area contributed by atoms with Crippen molar-refractivity contribution in [3.8, 4) is 11.5 Å². The highest BCUT2D eigenvalue weighted by molar-refractivity contribution is 8.00. The molecule has 2 amide bonds. The van der Waals surface area contributed by atoms with Crippen molar-refractivity contribution < 1.29 is 19.1 Å². The van der Waals surface area contributed by atoms with Crippen molar-refractivity contribution in [1.82, 2.24) is 0 Å². The molecule has 0 bridgehead atoms. The minimum absolute atomic E-state index is 0.158. The third-order valence-electron chi connectivity index (χ3n) is 4.49. The Morgan fingerprint density at radius 3 is 2.23 bits per heavy atom. The van der Waals surface area contributed by atoms with Crippen LogP contribution in [0.4, 0.5) is 11.4 Å². The molecule has 0 aliphatic carbocycles. The van der Waals surface area contributed by atoms with Crippen molar-refractivity contribution in [3.63, 3.8) is 0 Å². The molecule has 0 aromatic heterocycles. The molecule has 0 heterocycles. The average molecular weight is 437 g/mol. The summed E-state index contributed by atoms with van der Waals surface area (Å²) < 4.78 is 10.4. The van der Waals surface area contributed by atoms with E-state index in [0.29, 0.717) is 28.4 Å². The fourth-order valence-corrected chi connectivity index (χ4v) is 3.67. The minimum atomic E-state index is -0.162. The van der Waals surface area contributed by atoms with E-state index in [0.717, 1.165) is 10.5 Å². The zero-order chi connectivity index (χ0) is 22.2. The molecule has 31 heavy (non-hydrogen) atoms. The number of hydrogen-bond acceptors (Lipinski definition) is 5. The van der Waals surface area contributed by atoms with Crippen LogP contribution in [0.25, 0.3) is 0 Å². The lowest BCUT2D eigenvalue weighted by molar-refractivity contribution is -0.113. The normalized spacial score (nSPS) is 10.3. The van der Waals surface area contributed by atoms with Gasteiger partial charge in [0.15, 0.2) is 0 Å². The lowest BCUT2D eigenvalue weighted by atomic mass is 10.1. The molecule has 7 heteroatoms. The van der Waals surface area contributed by atoms with Crippen molar-refractivity contribution >= 4 is 35.0 Å². The van der Waals surface area contributed by atoms with E-state index in [-0.39, 0.29) is 17.6 Å². The summed E-state index contributed by atoms with van der Waals surface area (Å²) in [4.78, 5) is 25.8. The van der Waals surface area contributed by atoms with Crippen LogP contribution in [0.5, 0.6) is 11.5 Å². The van der Waals surface area contributed by atoms with Crippen LogP contribution in [-0.4, -0.2) is 31.8 Å². The lowest BCUT2D eigenvalue weighted by Gasteiger charge is -2.11. The first-order valence-corrected chi connectivity index (χ1v) is 10.6. The lowest BCUT2D eigenvalue weighted by Crippen LogP contribution is -2.14. The van der Waals surface area contributed by atoms with Crippen molar-refractivity contribution in [2.24, 2.45) is 0 Å². The molecule has 3 aromatic carbocycles. The summed E-state index contributed by atoms with van der Waals surface area (Å²) in [6, 6.07) is 20.0. The summed E-state index contributed by atoms with van der Waals surface area (Å²) in [6.07, 6.45) is 0. The van der Waals surface area contributed by atoms with E-state index >= 15 is 0 Å². The summed E-state index contributed by atoms with van der Waals surface area (Å²) in [5, 5.41) is 5.76. The van der Waals surface area contributed by atoms with Gasteiger partial charge in [0, 0.05) is 40.0 Å². The SMILES string of the molecule is COc1cc(NC(=O)CSc2cccc(NC(=O)c3ccccc3C)c2)cc(OC)c1. The Morgan fingerprint density at radius 1 is 0.839 bits per heavy atom. The number of carbonyl (C=O) groups is 2. The van der Waals surface area contributed by atoms with E-state index in [9.17, 15) is 9.59 Å². The molecule has 0 fully saturated rings. The number of nitrogens with one attached hydrogen (secondary N) is 2. The Balaban J connectivity index is 1.59. The van der Waals surface area contributed by atoms with Gasteiger partial charge in [-0.2, -0.15) is 0 Å². The van der Waals surface area contributed by atoms with Crippen LogP contribution in [0.3, 0.4) is 0 Å². The summed E-state index contributed by atoms with van der Waals surface area (Å²) in [5.41, 5.74) is 2.82. The molecule has 2 N–H and O–H groups in total. The zero-order valence-corrected chi connectivity index (χ0v) is 18.4. The van der Waals surface area contributed by atoms with E-state index in [1.165, 1.54) is 11.8 Å². The predicted octanol–water partition coefficient (Wildman–Crippen LogP) is 5.00. The van der Waals surface area contributed by atoms with Crippen LogP contribution in [0.1, 0.15) is 15.9 Å². The number of carbonyl (C=O) groups excluding carboxylic acids is 2. The number of thioether (sulfide) groups is 1. The third-order valence-corrected chi connectivity index (χ3v) is 5.48. The second-order valence-corrected chi connectivity index (χ2v) is 7.78. The Kier molecular flexibility index (Phi) is 7.56. The maximum absolute atomic E-state index is 12.5. The highest BCUT2D eigenvalue weighted by Gasteiger charge is 2.10. The van der Waals surface area contributed by atoms with Gasteiger partial charge in [-0.1, -0.05) is 24.3 Å². The summed E-state index contributed by atoms with van der Waals surface area (Å²) in [7, 11) is 3.11. The Labute approximate surface area is 186 Å². The Morgan fingerprint density at radius 2 is 1.55 bits per heavy atom. The van der Waals surface area contributed by atoms with Crippen molar-refractivity contribution in [3.05, 3.63) is 77.9 Å². The fraction of sp³-hybridized carbons (Fsp3) is 0.167. The first kappa shape index (κ1) is 22.2. The van der Waals surface area contributed by atoms with Gasteiger partial charge in [-0.25, -0.2) is 0 Å². The highest BCUT2D eigenvalue weighted by Crippen LogP contribution is 2.27. The molecular weight excluding hydrogens is 412 g/mol. The van der Waals surface area contributed by atoms with Gasteiger partial charge in [0.2, 0.25) is 5.91 Å². The van der Waals surface area contributed by atoms with Gasteiger partial charge >= 0.3 is 0 Å². The Hall–Kier alpha value is -3.45. The molecular formula is C24H24N2O4S. The molecule has 6 nitrogen and oxygen atoms in total. The number of ether oxygens (including phenoxy) is 2. The number of rotatable bonds is 8. The van der Waals surface area contributed by atoms with Gasteiger partial charge in [0.05, 0.1) is 20.0 Å². The largest absolute Gasteiger partial charge is 0.497 e. The maximum atomic E-state index is 12.5. The van der Waals surface area contributed by atoms with Crippen LogP contribution >= 0.6 is 11.8 Å². The first-order chi connectivity index (χ1) is 15.0. The molecule has 160 valence electrons. The number of amides is 2. The topological polar surface area (TPSA) is 76.7 Å². The molecule has 0 radical (unpaired) electrons. The van der Waals surface area contributed by atoms with Gasteiger partial charge in [-0.3, -0.25) is 9.59 Å². The van der Waals surface area contributed by atoms with Crippen LogP contribution in [-0.2, 0) is 4.79 Å². The fourth-order valence-electron chi connectivity index (χ4n) is 2.92. The average Bonchev–Trinajstić information content (AvgIpc) is 2.78. The van der Waals surface area contributed by atoms with Gasteiger partial charge in [-0.15, -0.1) is 11.8 Å². The second kappa shape index (κ2) is 10.5. The van der Waals surface area contributed by atoms with E-state index in [1.807, 2.05) is 49.4 Å².